The number of urea groups is 1. The summed E-state index contributed by atoms with van der Waals surface area (Å²) in [6.07, 6.45) is 1.05. The van der Waals surface area contributed by atoms with Crippen molar-refractivity contribution in [1.29, 1.82) is 0 Å². The summed E-state index contributed by atoms with van der Waals surface area (Å²) in [5.41, 5.74) is 5.99. The summed E-state index contributed by atoms with van der Waals surface area (Å²) < 4.78 is 37.1. The van der Waals surface area contributed by atoms with E-state index in [9.17, 15) is 71.8 Å². The van der Waals surface area contributed by atoms with Gasteiger partial charge < -0.3 is 71.5 Å². The molecule has 0 bridgehead atoms. The van der Waals surface area contributed by atoms with Gasteiger partial charge >= 0.3 is 18.1 Å². The van der Waals surface area contributed by atoms with Crippen molar-refractivity contribution in [2.45, 2.75) is 225 Å². The molecule has 31 heteroatoms. The highest BCUT2D eigenvalue weighted by Gasteiger charge is 2.49. The van der Waals surface area contributed by atoms with Crippen molar-refractivity contribution in [1.82, 2.24) is 46.2 Å². The van der Waals surface area contributed by atoms with Gasteiger partial charge in [-0.15, -0.1) is 11.8 Å². The number of carbonyl (C=O) groups is 13. The molecule has 5 rings (SSSR count). The van der Waals surface area contributed by atoms with Crippen LogP contribution >= 0.6 is 11.8 Å². The zero-order chi connectivity index (χ0) is 79.0. The lowest BCUT2D eigenvalue weighted by Gasteiger charge is -2.41. The van der Waals surface area contributed by atoms with E-state index in [4.69, 9.17) is 24.7 Å². The number of Topliss-reactive ketones (excluding diaryl/α,β-unsaturated/α-hetero) is 1. The molecule has 1 saturated carbocycles. The van der Waals surface area contributed by atoms with Gasteiger partial charge in [0.15, 0.2) is 5.78 Å². The fourth-order valence-corrected chi connectivity index (χ4v) is 15.1. The second kappa shape index (κ2) is 41.7. The SMILES string of the molecule is CC[C@H](C)C([C@@H](CC(=O)N1C[C@H](OC)C[C@H]1[C@H](OC)[C@@H](C)C(=O)N[C@@H](C)C(=O)c1ccc(F)cc1)OC)N(C)C(=O)[C@@H](NC(=O)[C@H](C(C)C)N(C)C(=O)OCc1ccc(NC(=O)[C@H](CCCNC(N)=O)NC(=O)[C@@H](NC(=O)CCCCCN2C(=O)CC(SCC3(CC(=O)O)CC3)C2=O)C(C)C)cc1)C(C)C. The van der Waals surface area contributed by atoms with Crippen LogP contribution in [0.3, 0.4) is 0 Å². The Kier molecular flexibility index (Phi) is 34.8. The number of benzene rings is 2. The van der Waals surface area contributed by atoms with Gasteiger partial charge in [0.25, 0.3) is 0 Å². The van der Waals surface area contributed by atoms with E-state index < -0.39 is 155 Å². The Morgan fingerprint density at radius 2 is 1.41 bits per heavy atom. The van der Waals surface area contributed by atoms with Crippen molar-refractivity contribution in [2.24, 2.45) is 40.7 Å². The number of rotatable bonds is 44. The molecule has 29 nitrogen and oxygen atoms in total. The maximum atomic E-state index is 14.9. The lowest BCUT2D eigenvalue weighted by Crippen LogP contribution is -2.60. The van der Waals surface area contributed by atoms with Crippen molar-refractivity contribution >= 4 is 94.5 Å². The lowest BCUT2D eigenvalue weighted by molar-refractivity contribution is -0.148. The van der Waals surface area contributed by atoms with E-state index in [2.05, 4.69) is 31.9 Å². The highest BCUT2D eigenvalue weighted by molar-refractivity contribution is 8.00. The van der Waals surface area contributed by atoms with Gasteiger partial charge in [0.2, 0.25) is 53.2 Å². The highest BCUT2D eigenvalue weighted by atomic mass is 32.2. The van der Waals surface area contributed by atoms with Crippen LogP contribution in [0.15, 0.2) is 48.5 Å². The van der Waals surface area contributed by atoms with E-state index in [1.807, 2.05) is 13.8 Å². The number of likely N-dealkylation sites (N-methyl/N-ethyl adjacent to an activating group) is 2. The predicted octanol–water partition coefficient (Wildman–Crippen LogP) is 6.18. The monoisotopic (exact) mass is 1510 g/mol. The Hall–Kier alpha value is -8.29. The molecule has 2 aliphatic heterocycles. The van der Waals surface area contributed by atoms with E-state index in [1.54, 1.807) is 84.7 Å². The number of nitrogens with two attached hydrogens (primary N) is 1. The summed E-state index contributed by atoms with van der Waals surface area (Å²) in [5, 5.41) is 25.2. The minimum Gasteiger partial charge on any atom is -0.481 e. The van der Waals surface area contributed by atoms with Crippen LogP contribution in [0, 0.1) is 40.8 Å². The number of anilines is 1. The van der Waals surface area contributed by atoms with Crippen LogP contribution in [-0.2, 0) is 73.5 Å². The number of amides is 12. The second-order valence-electron chi connectivity index (χ2n) is 29.4. The normalized spacial score (nSPS) is 19.0. The molecule has 0 radical (unpaired) electrons. The summed E-state index contributed by atoms with van der Waals surface area (Å²) in [5.74, 6) is -7.96. The van der Waals surface area contributed by atoms with Gasteiger partial charge in [-0.1, -0.05) is 87.3 Å². The van der Waals surface area contributed by atoms with Gasteiger partial charge in [0, 0.05) is 84.9 Å². The number of nitrogens with zero attached hydrogens (tertiary/aromatic N) is 4. The lowest BCUT2D eigenvalue weighted by atomic mass is 9.89. The molecule has 2 aromatic carbocycles. The molecule has 0 spiro atoms. The zero-order valence-corrected chi connectivity index (χ0v) is 64.9. The molecular formula is C75H114FN11O18S. The largest absolute Gasteiger partial charge is 0.481 e. The Balaban J connectivity index is 1.16. The van der Waals surface area contributed by atoms with E-state index >= 15 is 0 Å². The van der Waals surface area contributed by atoms with Crippen molar-refractivity contribution in [3.63, 3.8) is 0 Å². The van der Waals surface area contributed by atoms with Gasteiger partial charge in [0.05, 0.1) is 60.4 Å². The number of methoxy groups -OCH3 is 3. The average Bonchev–Trinajstić information content (AvgIpc) is 1.54. The number of hydrogen-bond donors (Lipinski definition) is 8. The number of primary amides is 1. The number of likely N-dealkylation sites (tertiary alicyclic amines) is 2. The molecule has 2 aromatic rings. The van der Waals surface area contributed by atoms with E-state index in [0.29, 0.717) is 49.1 Å². The highest BCUT2D eigenvalue weighted by Crippen LogP contribution is 2.52. The minimum atomic E-state index is -1.15. The van der Waals surface area contributed by atoms with Crippen LogP contribution in [0.5, 0.6) is 0 Å². The quantitative estimate of drug-likeness (QED) is 0.0208. The number of imide groups is 1. The summed E-state index contributed by atoms with van der Waals surface area (Å²) >= 11 is 1.34. The molecule has 13 atom stereocenters. The topological polar surface area (TPSA) is 390 Å². The third-order valence-electron chi connectivity index (χ3n) is 20.3. The Bertz CT molecular complexity index is 3360. The summed E-state index contributed by atoms with van der Waals surface area (Å²) in [7, 11) is 7.42. The first-order valence-corrected chi connectivity index (χ1v) is 37.7. The smallest absolute Gasteiger partial charge is 0.410 e. The molecule has 3 fully saturated rings. The van der Waals surface area contributed by atoms with Crippen LogP contribution in [0.4, 0.5) is 19.7 Å². The molecule has 12 amide bonds. The summed E-state index contributed by atoms with van der Waals surface area (Å²) in [6, 6.07) is 3.79. The maximum absolute atomic E-state index is 14.9. The Morgan fingerprint density at radius 3 is 1.97 bits per heavy atom. The number of thioether (sulfide) groups is 1. The molecule has 2 unspecified atom stereocenters. The number of carboxylic acid groups (broad SMARTS) is 1. The van der Waals surface area contributed by atoms with Crippen LogP contribution in [0.2, 0.25) is 0 Å². The van der Waals surface area contributed by atoms with Crippen LogP contribution in [0.1, 0.15) is 169 Å². The molecule has 2 saturated heterocycles. The number of hydrogen-bond acceptors (Lipinski definition) is 18. The number of aliphatic carboxylic acids is 1. The van der Waals surface area contributed by atoms with E-state index in [1.165, 1.54) is 69.0 Å². The van der Waals surface area contributed by atoms with Gasteiger partial charge in [-0.3, -0.25) is 62.5 Å². The van der Waals surface area contributed by atoms with Gasteiger partial charge in [-0.2, -0.15) is 0 Å². The average molecular weight is 1510 g/mol. The Labute approximate surface area is 626 Å². The van der Waals surface area contributed by atoms with Gasteiger partial charge in [-0.25, -0.2) is 14.0 Å². The van der Waals surface area contributed by atoms with Crippen LogP contribution in [-0.4, -0.2) is 228 Å². The fourth-order valence-electron chi connectivity index (χ4n) is 13.6. The molecule has 2 heterocycles. The number of ether oxygens (including phenoxy) is 4. The Morgan fingerprint density at radius 1 is 0.755 bits per heavy atom. The first-order valence-electron chi connectivity index (χ1n) is 36.7. The number of carbonyl (C=O) groups excluding carboxylic acids is 12. The maximum Gasteiger partial charge on any atom is 0.410 e. The molecule has 1 aliphatic carbocycles. The number of halogens is 1. The molecule has 106 heavy (non-hydrogen) atoms. The number of ketones is 1. The van der Waals surface area contributed by atoms with Crippen LogP contribution < -0.4 is 37.6 Å². The third kappa shape index (κ3) is 25.4. The molecule has 590 valence electrons. The van der Waals surface area contributed by atoms with Gasteiger partial charge in [-0.05, 0) is 123 Å². The van der Waals surface area contributed by atoms with Gasteiger partial charge in [0.1, 0.15) is 36.6 Å². The molecule has 3 aliphatic rings. The number of nitrogens with one attached hydrogen (secondary N) is 6. The molecule has 9 N–H and O–H groups in total. The zero-order valence-electron chi connectivity index (χ0n) is 64.1. The first-order chi connectivity index (χ1) is 50.0. The predicted molar refractivity (Wildman–Crippen MR) is 395 cm³/mol. The fraction of sp³-hybridized carbons (Fsp3) is 0.667. The van der Waals surface area contributed by atoms with Crippen LogP contribution in [0.25, 0.3) is 0 Å². The van der Waals surface area contributed by atoms with Crippen molar-refractivity contribution in [3.8, 4) is 0 Å². The first kappa shape index (κ1) is 88.3. The minimum absolute atomic E-state index is 0.0388. The van der Waals surface area contributed by atoms with Crippen molar-refractivity contribution < 1.29 is 90.8 Å². The van der Waals surface area contributed by atoms with Crippen molar-refractivity contribution in [3.05, 3.63) is 65.5 Å². The third-order valence-corrected chi connectivity index (χ3v) is 21.9. The van der Waals surface area contributed by atoms with E-state index in [0.717, 1.165) is 29.9 Å². The summed E-state index contributed by atoms with van der Waals surface area (Å²) in [4.78, 5) is 180. The number of unbranched alkanes of at least 4 members (excludes halogenated alkanes) is 2. The second-order valence-corrected chi connectivity index (χ2v) is 30.6. The summed E-state index contributed by atoms with van der Waals surface area (Å²) in [6.45, 7) is 17.7. The molecule has 0 aromatic heterocycles. The standard InChI is InChI=1S/C75H114FN11O18S/c1-16-45(8)64(55(103-14)36-58(89)87-39-52(102-13)35-54(87)66(104-15)46(9)67(94)79-47(10)65(93)49-25-27-50(76)28-26-49)84(11)72(99)62(43(4)5)83-70(97)63(44(6)7)85(12)74(101)105-40-48-23-29-51(30-24-48)80-68(95)53(21-20-33-78-73(77)100)81-69(96)61(42(2)3)82-57(88)22-18-17-19-34-86-59(90)37-56(71(86)98)106-41-75(31-32-75)38-60(91)92/h23-30,42-47,52-56,61-64,66H,16-22,31-41H2,1-15H3,(H,79,94)(H,80,95)(H,81,96)(H,82,88)(H,83,97)(H,91,92)(H3,77,78,100)/t45-,46+,47-,52+,53-,54-,55+,56?,61-,62-,63-,64?,66+/m0/s1. The van der Waals surface area contributed by atoms with Crippen molar-refractivity contribution in [2.75, 3.05) is 66.1 Å². The molecular weight excluding hydrogens is 1390 g/mol. The number of carboxylic acids is 1. The van der Waals surface area contributed by atoms with E-state index in [-0.39, 0.29) is 99.4 Å².